The SMILES string of the molecule is CCOc1cc(N)cc(C(=O)NCCCS(C)(=O)=O)c1. The Labute approximate surface area is 119 Å². The fourth-order valence-electron chi connectivity index (χ4n) is 1.64. The Hall–Kier alpha value is -1.76. The van der Waals surface area contributed by atoms with E-state index in [0.29, 0.717) is 36.6 Å². The molecule has 0 saturated carbocycles. The summed E-state index contributed by atoms with van der Waals surface area (Å²) in [5, 5.41) is 2.65. The van der Waals surface area contributed by atoms with Crippen LogP contribution in [0.3, 0.4) is 0 Å². The summed E-state index contributed by atoms with van der Waals surface area (Å²) in [4.78, 5) is 11.9. The van der Waals surface area contributed by atoms with Crippen molar-refractivity contribution in [1.82, 2.24) is 5.32 Å². The van der Waals surface area contributed by atoms with Crippen LogP contribution in [0.2, 0.25) is 0 Å². The van der Waals surface area contributed by atoms with Crippen LogP contribution in [-0.4, -0.2) is 39.5 Å². The molecule has 0 aromatic heterocycles. The summed E-state index contributed by atoms with van der Waals surface area (Å²) < 4.78 is 27.2. The third-order valence-corrected chi connectivity index (χ3v) is 3.51. The molecular formula is C13H20N2O4S. The number of rotatable bonds is 7. The van der Waals surface area contributed by atoms with Gasteiger partial charge in [-0.3, -0.25) is 4.79 Å². The van der Waals surface area contributed by atoms with Crippen LogP contribution in [0.5, 0.6) is 5.75 Å². The van der Waals surface area contributed by atoms with E-state index in [4.69, 9.17) is 10.5 Å². The summed E-state index contributed by atoms with van der Waals surface area (Å²) in [6.45, 7) is 2.62. The summed E-state index contributed by atoms with van der Waals surface area (Å²) in [6, 6.07) is 4.80. The Bertz CT molecular complexity index is 570. The fourth-order valence-corrected chi connectivity index (χ4v) is 2.31. The van der Waals surface area contributed by atoms with Crippen molar-refractivity contribution >= 4 is 21.4 Å². The predicted octanol–water partition coefficient (Wildman–Crippen LogP) is 0.832. The molecule has 0 unspecified atom stereocenters. The second-order valence-corrected chi connectivity index (χ2v) is 6.72. The van der Waals surface area contributed by atoms with E-state index in [9.17, 15) is 13.2 Å². The van der Waals surface area contributed by atoms with Crippen molar-refractivity contribution in [3.05, 3.63) is 23.8 Å². The van der Waals surface area contributed by atoms with E-state index < -0.39 is 9.84 Å². The van der Waals surface area contributed by atoms with Crippen LogP contribution >= 0.6 is 0 Å². The number of sulfone groups is 1. The molecule has 1 aromatic carbocycles. The van der Waals surface area contributed by atoms with Gasteiger partial charge in [-0.15, -0.1) is 0 Å². The van der Waals surface area contributed by atoms with Gasteiger partial charge < -0.3 is 15.8 Å². The zero-order valence-electron chi connectivity index (χ0n) is 11.7. The van der Waals surface area contributed by atoms with Crippen molar-refractivity contribution in [2.75, 3.05) is 30.9 Å². The first-order valence-corrected chi connectivity index (χ1v) is 8.37. The minimum Gasteiger partial charge on any atom is -0.494 e. The number of amides is 1. The number of nitrogens with one attached hydrogen (secondary N) is 1. The lowest BCUT2D eigenvalue weighted by Gasteiger charge is -2.09. The minimum atomic E-state index is -3.00. The molecule has 1 rings (SSSR count). The maximum Gasteiger partial charge on any atom is 0.251 e. The predicted molar refractivity (Wildman–Crippen MR) is 78.7 cm³/mol. The van der Waals surface area contributed by atoms with Gasteiger partial charge in [0, 0.05) is 30.1 Å². The number of carbonyl (C=O) groups is 1. The molecule has 6 nitrogen and oxygen atoms in total. The molecule has 3 N–H and O–H groups in total. The smallest absolute Gasteiger partial charge is 0.251 e. The number of carbonyl (C=O) groups excluding carboxylic acids is 1. The van der Waals surface area contributed by atoms with E-state index in [1.807, 2.05) is 6.92 Å². The third-order valence-electron chi connectivity index (χ3n) is 2.48. The second kappa shape index (κ2) is 7.14. The van der Waals surface area contributed by atoms with E-state index >= 15 is 0 Å². The standard InChI is InChI=1S/C13H20N2O4S/c1-3-19-12-8-10(7-11(14)9-12)13(16)15-5-4-6-20(2,17)18/h7-9H,3-6,14H2,1-2H3,(H,15,16). The van der Waals surface area contributed by atoms with E-state index in [1.165, 1.54) is 6.26 Å². The summed E-state index contributed by atoms with van der Waals surface area (Å²) in [5.41, 5.74) is 6.54. The third kappa shape index (κ3) is 5.92. The van der Waals surface area contributed by atoms with E-state index in [2.05, 4.69) is 5.32 Å². The average molecular weight is 300 g/mol. The Morgan fingerprint density at radius 1 is 1.35 bits per heavy atom. The molecular weight excluding hydrogens is 280 g/mol. The Morgan fingerprint density at radius 2 is 2.05 bits per heavy atom. The summed E-state index contributed by atoms with van der Waals surface area (Å²) in [6.07, 6.45) is 1.55. The Morgan fingerprint density at radius 3 is 2.65 bits per heavy atom. The molecule has 0 spiro atoms. The zero-order valence-corrected chi connectivity index (χ0v) is 12.5. The molecule has 0 saturated heterocycles. The van der Waals surface area contributed by atoms with Gasteiger partial charge in [0.05, 0.1) is 12.4 Å². The van der Waals surface area contributed by atoms with Crippen LogP contribution in [0.1, 0.15) is 23.7 Å². The Balaban J connectivity index is 2.59. The minimum absolute atomic E-state index is 0.0500. The first kappa shape index (κ1) is 16.3. The fraction of sp³-hybridized carbons (Fsp3) is 0.462. The molecule has 0 aliphatic carbocycles. The molecule has 7 heteroatoms. The summed E-state index contributed by atoms with van der Waals surface area (Å²) in [5.74, 6) is 0.287. The van der Waals surface area contributed by atoms with Crippen LogP contribution in [0.15, 0.2) is 18.2 Å². The van der Waals surface area contributed by atoms with Crippen molar-refractivity contribution in [2.24, 2.45) is 0 Å². The molecule has 1 aromatic rings. The number of nitrogen functional groups attached to an aromatic ring is 1. The molecule has 112 valence electrons. The number of anilines is 1. The van der Waals surface area contributed by atoms with Gasteiger partial charge in [0.2, 0.25) is 0 Å². The van der Waals surface area contributed by atoms with Crippen molar-refractivity contribution in [3.8, 4) is 5.75 Å². The van der Waals surface area contributed by atoms with Crippen molar-refractivity contribution in [3.63, 3.8) is 0 Å². The Kier molecular flexibility index (Phi) is 5.82. The van der Waals surface area contributed by atoms with Crippen LogP contribution < -0.4 is 15.8 Å². The highest BCUT2D eigenvalue weighted by atomic mass is 32.2. The highest BCUT2D eigenvalue weighted by molar-refractivity contribution is 7.90. The van der Waals surface area contributed by atoms with Crippen LogP contribution in [0.4, 0.5) is 5.69 Å². The van der Waals surface area contributed by atoms with E-state index in [-0.39, 0.29) is 11.7 Å². The van der Waals surface area contributed by atoms with Crippen molar-refractivity contribution in [1.29, 1.82) is 0 Å². The van der Waals surface area contributed by atoms with Crippen LogP contribution in [-0.2, 0) is 9.84 Å². The normalized spacial score (nSPS) is 11.1. The van der Waals surface area contributed by atoms with E-state index in [1.54, 1.807) is 18.2 Å². The molecule has 0 atom stereocenters. The van der Waals surface area contributed by atoms with Gasteiger partial charge >= 0.3 is 0 Å². The van der Waals surface area contributed by atoms with Crippen molar-refractivity contribution < 1.29 is 17.9 Å². The van der Waals surface area contributed by atoms with Gasteiger partial charge in [-0.25, -0.2) is 8.42 Å². The molecule has 1 amide bonds. The van der Waals surface area contributed by atoms with Gasteiger partial charge in [-0.1, -0.05) is 0 Å². The maximum absolute atomic E-state index is 11.9. The van der Waals surface area contributed by atoms with E-state index in [0.717, 1.165) is 0 Å². The number of hydrogen-bond acceptors (Lipinski definition) is 5. The number of hydrogen-bond donors (Lipinski definition) is 2. The number of nitrogens with two attached hydrogens (primary N) is 1. The zero-order chi connectivity index (χ0) is 15.2. The first-order chi connectivity index (χ1) is 9.31. The van der Waals surface area contributed by atoms with Gasteiger partial charge in [0.15, 0.2) is 0 Å². The lowest BCUT2D eigenvalue weighted by Crippen LogP contribution is -2.26. The first-order valence-electron chi connectivity index (χ1n) is 6.31. The van der Waals surface area contributed by atoms with Gasteiger partial charge in [-0.2, -0.15) is 0 Å². The monoisotopic (exact) mass is 300 g/mol. The molecule has 0 radical (unpaired) electrons. The van der Waals surface area contributed by atoms with Gasteiger partial charge in [-0.05, 0) is 25.5 Å². The highest BCUT2D eigenvalue weighted by Gasteiger charge is 2.09. The van der Waals surface area contributed by atoms with Gasteiger partial charge in [0.1, 0.15) is 15.6 Å². The molecule has 0 aliphatic rings. The lowest BCUT2D eigenvalue weighted by molar-refractivity contribution is 0.0953. The van der Waals surface area contributed by atoms with Crippen LogP contribution in [0, 0.1) is 0 Å². The highest BCUT2D eigenvalue weighted by Crippen LogP contribution is 2.18. The van der Waals surface area contributed by atoms with Gasteiger partial charge in [0.25, 0.3) is 5.91 Å². The average Bonchev–Trinajstić information content (AvgIpc) is 2.33. The second-order valence-electron chi connectivity index (χ2n) is 4.46. The molecule has 0 heterocycles. The summed E-state index contributed by atoms with van der Waals surface area (Å²) in [7, 11) is -3.00. The molecule has 0 bridgehead atoms. The number of ether oxygens (including phenoxy) is 1. The quantitative estimate of drug-likeness (QED) is 0.574. The maximum atomic E-state index is 11.9. The largest absolute Gasteiger partial charge is 0.494 e. The van der Waals surface area contributed by atoms with Crippen molar-refractivity contribution in [2.45, 2.75) is 13.3 Å². The topological polar surface area (TPSA) is 98.5 Å². The van der Waals surface area contributed by atoms with Crippen LogP contribution in [0.25, 0.3) is 0 Å². The number of benzene rings is 1. The lowest BCUT2D eigenvalue weighted by atomic mass is 10.1. The molecule has 0 fully saturated rings. The molecule has 0 aliphatic heterocycles. The summed E-state index contributed by atoms with van der Waals surface area (Å²) >= 11 is 0. The molecule has 20 heavy (non-hydrogen) atoms.